The second kappa shape index (κ2) is 7.76. The number of unbranched alkanes of at least 4 members (excludes halogenated alkanes) is 1. The molecule has 0 bridgehead atoms. The molecule has 5 nitrogen and oxygen atoms in total. The molecular weight excluding hydrogens is 254 g/mol. The van der Waals surface area contributed by atoms with Gasteiger partial charge in [-0.2, -0.15) is 0 Å². The van der Waals surface area contributed by atoms with E-state index in [0.29, 0.717) is 6.04 Å². The van der Waals surface area contributed by atoms with Crippen LogP contribution in [0.25, 0.3) is 0 Å². The van der Waals surface area contributed by atoms with E-state index >= 15 is 0 Å². The Labute approximate surface area is 122 Å². The average Bonchev–Trinajstić information content (AvgIpc) is 2.89. The first-order chi connectivity index (χ1) is 9.72. The van der Waals surface area contributed by atoms with Crippen LogP contribution in [0, 0.1) is 0 Å². The van der Waals surface area contributed by atoms with Crippen LogP contribution in [0.3, 0.4) is 0 Å². The maximum absolute atomic E-state index is 6.16. The van der Waals surface area contributed by atoms with E-state index in [4.69, 9.17) is 9.57 Å². The van der Waals surface area contributed by atoms with Gasteiger partial charge in [0.2, 0.25) is 0 Å². The van der Waals surface area contributed by atoms with Crippen molar-refractivity contribution in [1.82, 2.24) is 9.96 Å². The van der Waals surface area contributed by atoms with Gasteiger partial charge in [-0.15, -0.1) is 0 Å². The fraction of sp³-hybridized carbons (Fsp3) is 0.800. The summed E-state index contributed by atoms with van der Waals surface area (Å²) in [5.74, 6) is 0. The van der Waals surface area contributed by atoms with Gasteiger partial charge < -0.3 is 9.64 Å². The Hall–Kier alpha value is -0.910. The van der Waals surface area contributed by atoms with Crippen molar-refractivity contribution in [3.8, 4) is 0 Å². The minimum Gasteiger partial charge on any atom is -0.351 e. The Morgan fingerprint density at radius 3 is 2.95 bits per heavy atom. The predicted octanol–water partition coefficient (Wildman–Crippen LogP) is 2.40. The zero-order valence-corrected chi connectivity index (χ0v) is 12.9. The van der Waals surface area contributed by atoms with Crippen molar-refractivity contribution in [2.45, 2.75) is 57.4 Å². The van der Waals surface area contributed by atoms with Crippen molar-refractivity contribution >= 4 is 6.21 Å². The van der Waals surface area contributed by atoms with Crippen LogP contribution in [-0.2, 0) is 9.57 Å². The molecule has 0 saturated heterocycles. The zero-order valence-electron chi connectivity index (χ0n) is 12.9. The second-order valence-electron chi connectivity index (χ2n) is 5.68. The maximum Gasteiger partial charge on any atom is 0.189 e. The summed E-state index contributed by atoms with van der Waals surface area (Å²) in [5, 5.41) is 1.81. The van der Waals surface area contributed by atoms with Gasteiger partial charge in [-0.1, -0.05) is 13.3 Å². The van der Waals surface area contributed by atoms with Gasteiger partial charge in [-0.3, -0.25) is 9.83 Å². The quantitative estimate of drug-likeness (QED) is 0.672. The molecule has 0 aromatic heterocycles. The number of likely N-dealkylation sites (N-methyl/N-ethyl adjacent to an activating group) is 1. The molecule has 5 heteroatoms. The molecule has 0 aromatic rings. The van der Waals surface area contributed by atoms with Crippen LogP contribution in [-0.4, -0.2) is 55.3 Å². The van der Waals surface area contributed by atoms with Crippen molar-refractivity contribution in [2.24, 2.45) is 4.99 Å². The summed E-state index contributed by atoms with van der Waals surface area (Å²) >= 11 is 0. The van der Waals surface area contributed by atoms with Gasteiger partial charge in [0, 0.05) is 25.0 Å². The second-order valence-corrected chi connectivity index (χ2v) is 5.68. The lowest BCUT2D eigenvalue weighted by Crippen LogP contribution is -2.44. The number of nitrogens with zero attached hydrogens (tertiary/aromatic N) is 3. The summed E-state index contributed by atoms with van der Waals surface area (Å²) in [5.41, 5.74) is 0. The van der Waals surface area contributed by atoms with Crippen LogP contribution >= 0.6 is 0 Å². The number of hydroxylamine groups is 2. The van der Waals surface area contributed by atoms with Crippen LogP contribution in [0.15, 0.2) is 17.4 Å². The molecule has 3 atom stereocenters. The van der Waals surface area contributed by atoms with Gasteiger partial charge in [0.25, 0.3) is 0 Å². The lowest BCUT2D eigenvalue weighted by Gasteiger charge is -2.34. The molecule has 2 aliphatic rings. The Morgan fingerprint density at radius 1 is 1.35 bits per heavy atom. The van der Waals surface area contributed by atoms with E-state index < -0.39 is 0 Å². The van der Waals surface area contributed by atoms with E-state index in [9.17, 15) is 0 Å². The highest BCUT2D eigenvalue weighted by atomic mass is 16.7. The number of rotatable bonds is 7. The van der Waals surface area contributed by atoms with Crippen LogP contribution in [0.2, 0.25) is 0 Å². The maximum atomic E-state index is 6.16. The van der Waals surface area contributed by atoms with Crippen molar-refractivity contribution in [1.29, 1.82) is 0 Å². The van der Waals surface area contributed by atoms with Crippen LogP contribution in [0.1, 0.15) is 39.0 Å². The first-order valence-corrected chi connectivity index (χ1v) is 7.65. The molecule has 0 radical (unpaired) electrons. The summed E-state index contributed by atoms with van der Waals surface area (Å²) in [6, 6.07) is 0.485. The monoisotopic (exact) mass is 281 g/mol. The van der Waals surface area contributed by atoms with E-state index in [2.05, 4.69) is 30.9 Å². The summed E-state index contributed by atoms with van der Waals surface area (Å²) in [7, 11) is 4.24. The number of hydrogen-bond acceptors (Lipinski definition) is 5. The SMILES string of the molecule is CCCCOC1C=NC=CN1O[C@@H]1CCC[C@H]1N(C)C. The van der Waals surface area contributed by atoms with Crippen LogP contribution in [0.4, 0.5) is 0 Å². The average molecular weight is 281 g/mol. The molecule has 1 fully saturated rings. The third-order valence-corrected chi connectivity index (χ3v) is 3.89. The third kappa shape index (κ3) is 4.04. The molecule has 2 rings (SSSR count). The van der Waals surface area contributed by atoms with E-state index in [1.807, 2.05) is 11.3 Å². The van der Waals surface area contributed by atoms with Gasteiger partial charge in [-0.25, -0.2) is 5.06 Å². The minimum absolute atomic E-state index is 0.199. The first-order valence-electron chi connectivity index (χ1n) is 7.65. The topological polar surface area (TPSA) is 37.3 Å². The largest absolute Gasteiger partial charge is 0.351 e. The van der Waals surface area contributed by atoms with Gasteiger partial charge >= 0.3 is 0 Å². The Bertz CT molecular complexity index is 344. The van der Waals surface area contributed by atoms with Gasteiger partial charge in [0.15, 0.2) is 6.23 Å². The Morgan fingerprint density at radius 2 is 2.20 bits per heavy atom. The van der Waals surface area contributed by atoms with Crippen molar-refractivity contribution in [3.05, 3.63) is 12.4 Å². The highest BCUT2D eigenvalue weighted by Crippen LogP contribution is 2.27. The predicted molar refractivity (Wildman–Crippen MR) is 80.3 cm³/mol. The van der Waals surface area contributed by atoms with Crippen molar-refractivity contribution < 1.29 is 9.57 Å². The molecular formula is C15H27N3O2. The fourth-order valence-corrected chi connectivity index (χ4v) is 2.71. The number of ether oxygens (including phenoxy) is 1. The highest BCUT2D eigenvalue weighted by Gasteiger charge is 2.33. The molecule has 1 unspecified atom stereocenters. The van der Waals surface area contributed by atoms with Crippen molar-refractivity contribution in [2.75, 3.05) is 20.7 Å². The third-order valence-electron chi connectivity index (χ3n) is 3.89. The van der Waals surface area contributed by atoms with Gasteiger partial charge in [-0.05, 0) is 39.8 Å². The molecule has 0 spiro atoms. The van der Waals surface area contributed by atoms with Crippen LogP contribution < -0.4 is 0 Å². The number of aliphatic imine (C=N–C) groups is 1. The lowest BCUT2D eigenvalue weighted by molar-refractivity contribution is -0.234. The van der Waals surface area contributed by atoms with Gasteiger partial charge in [0.1, 0.15) is 6.10 Å². The van der Waals surface area contributed by atoms with E-state index in [1.165, 1.54) is 12.8 Å². The molecule has 114 valence electrons. The van der Waals surface area contributed by atoms with Crippen molar-refractivity contribution in [3.63, 3.8) is 0 Å². The smallest absolute Gasteiger partial charge is 0.189 e. The zero-order chi connectivity index (χ0) is 14.4. The molecule has 1 heterocycles. The normalized spacial score (nSPS) is 29.6. The van der Waals surface area contributed by atoms with E-state index in [0.717, 1.165) is 25.9 Å². The summed E-state index contributed by atoms with van der Waals surface area (Å²) in [6.07, 6.45) is 11.2. The standard InChI is InChI=1S/C15H27N3O2/c1-4-5-11-19-15-12-16-9-10-18(15)20-14-8-6-7-13(14)17(2)3/h9-10,12-15H,4-8,11H2,1-3H3/t13-,14-,15?/m1/s1. The van der Waals surface area contributed by atoms with Gasteiger partial charge in [0.05, 0.1) is 6.21 Å². The molecule has 0 amide bonds. The molecule has 0 N–H and O–H groups in total. The van der Waals surface area contributed by atoms with E-state index in [-0.39, 0.29) is 12.3 Å². The summed E-state index contributed by atoms with van der Waals surface area (Å²) in [4.78, 5) is 12.6. The summed E-state index contributed by atoms with van der Waals surface area (Å²) < 4.78 is 5.83. The molecule has 1 aliphatic heterocycles. The molecule has 20 heavy (non-hydrogen) atoms. The molecule has 1 aliphatic carbocycles. The fourth-order valence-electron chi connectivity index (χ4n) is 2.71. The Kier molecular flexibility index (Phi) is 6.01. The Balaban J connectivity index is 1.88. The lowest BCUT2D eigenvalue weighted by atomic mass is 10.2. The first kappa shape index (κ1) is 15.5. The number of hydrogen-bond donors (Lipinski definition) is 0. The molecule has 1 saturated carbocycles. The van der Waals surface area contributed by atoms with Crippen LogP contribution in [0.5, 0.6) is 0 Å². The minimum atomic E-state index is -0.199. The summed E-state index contributed by atoms with van der Waals surface area (Å²) in [6.45, 7) is 2.90. The molecule has 0 aromatic carbocycles. The highest BCUT2D eigenvalue weighted by molar-refractivity contribution is 5.64. The van der Waals surface area contributed by atoms with E-state index in [1.54, 1.807) is 12.4 Å².